The average molecular weight is 473 g/mol. The molecule has 0 aliphatic carbocycles. The molecule has 0 saturated carbocycles. The Labute approximate surface area is 190 Å². The van der Waals surface area contributed by atoms with Gasteiger partial charge in [0, 0.05) is 27.9 Å². The van der Waals surface area contributed by atoms with E-state index in [9.17, 15) is 15.3 Å². The van der Waals surface area contributed by atoms with E-state index in [-0.39, 0.29) is 12.2 Å². The lowest BCUT2D eigenvalue weighted by atomic mass is 9.82. The Morgan fingerprint density at radius 1 is 0.968 bits per heavy atom. The highest BCUT2D eigenvalue weighted by molar-refractivity contribution is 9.10. The second-order valence-corrected chi connectivity index (χ2v) is 8.15. The topological polar surface area (TPSA) is 73.9 Å². The maximum absolute atomic E-state index is 12.9. The number of Topliss-reactive ketones (excluding diaryl/α,β-unsaturated/α-hetero) is 1. The van der Waals surface area contributed by atoms with Gasteiger partial charge in [0.15, 0.2) is 5.78 Å². The van der Waals surface area contributed by atoms with E-state index in [2.05, 4.69) is 15.9 Å². The van der Waals surface area contributed by atoms with Crippen LogP contribution in [0.4, 0.5) is 0 Å². The van der Waals surface area contributed by atoms with Gasteiger partial charge in [-0.05, 0) is 36.2 Å². The van der Waals surface area contributed by atoms with Crippen LogP contribution in [0, 0.1) is 35.5 Å². The largest absolute Gasteiger partial charge is 0.489 e. The first-order valence-electron chi connectivity index (χ1n) is 9.87. The van der Waals surface area contributed by atoms with E-state index < -0.39 is 11.8 Å². The van der Waals surface area contributed by atoms with Gasteiger partial charge in [0.1, 0.15) is 18.3 Å². The van der Waals surface area contributed by atoms with Crippen LogP contribution in [-0.2, 0) is 6.61 Å². The molecule has 31 heavy (non-hydrogen) atoms. The minimum absolute atomic E-state index is 0.0398. The molecule has 3 aromatic carbocycles. The molecule has 5 heteroatoms. The molecule has 0 saturated heterocycles. The van der Waals surface area contributed by atoms with Crippen molar-refractivity contribution >= 4 is 21.7 Å². The SMILES string of the molecule is Cc1ccccc1COc1ccccc1[C@@H](CC(=O)c1ccc(Br)cc1)C(C#N)C#N. The molecule has 4 nitrogen and oxygen atoms in total. The summed E-state index contributed by atoms with van der Waals surface area (Å²) in [6.45, 7) is 2.38. The summed E-state index contributed by atoms with van der Waals surface area (Å²) in [5.74, 6) is -1.11. The number of hydrogen-bond donors (Lipinski definition) is 0. The standard InChI is InChI=1S/C26H21BrN2O2/c1-18-6-2-3-7-20(18)17-31-26-9-5-4-8-23(26)24(21(15-28)16-29)14-25(30)19-10-12-22(27)13-11-19/h2-13,21,24H,14,17H2,1H3/t24-/m0/s1. The molecular formula is C26H21BrN2O2. The van der Waals surface area contributed by atoms with Gasteiger partial charge in [-0.15, -0.1) is 0 Å². The number of ether oxygens (including phenoxy) is 1. The minimum atomic E-state index is -0.970. The molecular weight excluding hydrogens is 452 g/mol. The van der Waals surface area contributed by atoms with Gasteiger partial charge in [-0.3, -0.25) is 4.79 Å². The number of para-hydroxylation sites is 1. The van der Waals surface area contributed by atoms with E-state index in [4.69, 9.17) is 4.74 Å². The van der Waals surface area contributed by atoms with E-state index in [0.29, 0.717) is 23.5 Å². The number of ketones is 1. The molecule has 3 aromatic rings. The second-order valence-electron chi connectivity index (χ2n) is 7.23. The first-order chi connectivity index (χ1) is 15.0. The van der Waals surface area contributed by atoms with Crippen molar-refractivity contribution in [3.63, 3.8) is 0 Å². The summed E-state index contributed by atoms with van der Waals surface area (Å²) in [7, 11) is 0. The molecule has 154 valence electrons. The zero-order valence-corrected chi connectivity index (χ0v) is 18.7. The molecule has 1 atom stereocenters. The smallest absolute Gasteiger partial charge is 0.163 e. The maximum atomic E-state index is 12.9. The number of carbonyl (C=O) groups excluding carboxylic acids is 1. The summed E-state index contributed by atoms with van der Waals surface area (Å²) in [5.41, 5.74) is 3.40. The predicted octanol–water partition coefficient (Wildman–Crippen LogP) is 6.36. The Morgan fingerprint density at radius 3 is 2.29 bits per heavy atom. The van der Waals surface area contributed by atoms with Crippen molar-refractivity contribution in [3.8, 4) is 17.9 Å². The van der Waals surface area contributed by atoms with Gasteiger partial charge >= 0.3 is 0 Å². The van der Waals surface area contributed by atoms with E-state index >= 15 is 0 Å². The third-order valence-corrected chi connectivity index (χ3v) is 5.74. The summed E-state index contributed by atoms with van der Waals surface area (Å²) < 4.78 is 6.97. The summed E-state index contributed by atoms with van der Waals surface area (Å²) >= 11 is 3.36. The molecule has 0 spiro atoms. The Kier molecular flexibility index (Phi) is 7.60. The van der Waals surface area contributed by atoms with Gasteiger partial charge in [0.2, 0.25) is 0 Å². The average Bonchev–Trinajstić information content (AvgIpc) is 2.79. The highest BCUT2D eigenvalue weighted by Crippen LogP contribution is 2.36. The van der Waals surface area contributed by atoms with Crippen LogP contribution in [0.25, 0.3) is 0 Å². The molecule has 3 rings (SSSR count). The Bertz CT molecular complexity index is 1130. The zero-order chi connectivity index (χ0) is 22.2. The molecule has 0 radical (unpaired) electrons. The molecule has 0 bridgehead atoms. The van der Waals surface area contributed by atoms with Crippen molar-refractivity contribution in [2.24, 2.45) is 5.92 Å². The normalized spacial score (nSPS) is 11.4. The molecule has 0 aliphatic rings. The van der Waals surface area contributed by atoms with Crippen molar-refractivity contribution in [1.82, 2.24) is 0 Å². The number of nitrogens with zero attached hydrogens (tertiary/aromatic N) is 2. The lowest BCUT2D eigenvalue weighted by Crippen LogP contribution is -2.16. The fourth-order valence-corrected chi connectivity index (χ4v) is 3.68. The fourth-order valence-electron chi connectivity index (χ4n) is 3.42. The number of benzene rings is 3. The summed E-state index contributed by atoms with van der Waals surface area (Å²) in [6, 6.07) is 26.4. The van der Waals surface area contributed by atoms with Gasteiger partial charge < -0.3 is 4.74 Å². The van der Waals surface area contributed by atoms with Crippen LogP contribution in [0.2, 0.25) is 0 Å². The number of carbonyl (C=O) groups is 1. The van der Waals surface area contributed by atoms with Crippen LogP contribution in [0.3, 0.4) is 0 Å². The van der Waals surface area contributed by atoms with Crippen LogP contribution in [0.5, 0.6) is 5.75 Å². The molecule has 0 fully saturated rings. The number of halogens is 1. The third-order valence-electron chi connectivity index (χ3n) is 5.21. The maximum Gasteiger partial charge on any atom is 0.163 e. The van der Waals surface area contributed by atoms with E-state index in [1.165, 1.54) is 0 Å². The van der Waals surface area contributed by atoms with Crippen molar-refractivity contribution in [2.75, 3.05) is 0 Å². The minimum Gasteiger partial charge on any atom is -0.489 e. The van der Waals surface area contributed by atoms with Crippen molar-refractivity contribution < 1.29 is 9.53 Å². The highest BCUT2D eigenvalue weighted by atomic mass is 79.9. The Hall–Kier alpha value is -3.41. The van der Waals surface area contributed by atoms with E-state index in [1.54, 1.807) is 24.3 Å². The molecule has 0 aromatic heterocycles. The highest BCUT2D eigenvalue weighted by Gasteiger charge is 2.29. The summed E-state index contributed by atoms with van der Waals surface area (Å²) in [6.07, 6.45) is 0.0398. The van der Waals surface area contributed by atoms with Crippen LogP contribution in [-0.4, -0.2) is 5.78 Å². The third kappa shape index (κ3) is 5.60. The molecule has 0 aliphatic heterocycles. The van der Waals surface area contributed by atoms with Crippen LogP contribution in [0.1, 0.15) is 39.4 Å². The van der Waals surface area contributed by atoms with Gasteiger partial charge in [0.05, 0.1) is 12.1 Å². The summed E-state index contributed by atoms with van der Waals surface area (Å²) in [5, 5.41) is 19.2. The van der Waals surface area contributed by atoms with Crippen LogP contribution < -0.4 is 4.74 Å². The van der Waals surface area contributed by atoms with Gasteiger partial charge in [0.25, 0.3) is 0 Å². The van der Waals surface area contributed by atoms with Crippen LogP contribution >= 0.6 is 15.9 Å². The van der Waals surface area contributed by atoms with Crippen LogP contribution in [0.15, 0.2) is 77.3 Å². The van der Waals surface area contributed by atoms with Gasteiger partial charge in [-0.2, -0.15) is 10.5 Å². The molecule has 0 heterocycles. The lowest BCUT2D eigenvalue weighted by molar-refractivity contribution is 0.0970. The zero-order valence-electron chi connectivity index (χ0n) is 17.1. The lowest BCUT2D eigenvalue weighted by Gasteiger charge is -2.21. The Balaban J connectivity index is 1.90. The fraction of sp³-hybridized carbons (Fsp3) is 0.192. The predicted molar refractivity (Wildman–Crippen MR) is 122 cm³/mol. The number of aryl methyl sites for hydroxylation is 1. The van der Waals surface area contributed by atoms with Crippen molar-refractivity contribution in [2.45, 2.75) is 25.9 Å². The molecule has 0 unspecified atom stereocenters. The first kappa shape index (κ1) is 22.3. The first-order valence-corrected chi connectivity index (χ1v) is 10.7. The second kappa shape index (κ2) is 10.6. The van der Waals surface area contributed by atoms with E-state index in [0.717, 1.165) is 15.6 Å². The monoisotopic (exact) mass is 472 g/mol. The van der Waals surface area contributed by atoms with Crippen molar-refractivity contribution in [1.29, 1.82) is 10.5 Å². The summed E-state index contributed by atoms with van der Waals surface area (Å²) in [4.78, 5) is 12.9. The van der Waals surface area contributed by atoms with E-state index in [1.807, 2.05) is 67.6 Å². The number of nitriles is 2. The van der Waals surface area contributed by atoms with Gasteiger partial charge in [-0.25, -0.2) is 0 Å². The molecule has 0 N–H and O–H groups in total. The quantitative estimate of drug-likeness (QED) is 0.357. The van der Waals surface area contributed by atoms with Gasteiger partial charge in [-0.1, -0.05) is 70.5 Å². The Morgan fingerprint density at radius 2 is 1.61 bits per heavy atom. The number of rotatable bonds is 8. The van der Waals surface area contributed by atoms with Crippen molar-refractivity contribution in [3.05, 3.63) is 99.5 Å². The molecule has 0 amide bonds. The number of hydrogen-bond acceptors (Lipinski definition) is 4.